The van der Waals surface area contributed by atoms with Crippen LogP contribution in [0, 0.1) is 13.8 Å². The van der Waals surface area contributed by atoms with Crippen molar-refractivity contribution in [3.63, 3.8) is 0 Å². The number of sulfone groups is 1. The van der Waals surface area contributed by atoms with E-state index in [2.05, 4.69) is 5.32 Å². The second-order valence-corrected chi connectivity index (χ2v) is 10.7. The van der Waals surface area contributed by atoms with Gasteiger partial charge in [-0.1, -0.05) is 31.0 Å². The van der Waals surface area contributed by atoms with Gasteiger partial charge in [0.2, 0.25) is 0 Å². The van der Waals surface area contributed by atoms with Gasteiger partial charge in [-0.15, -0.1) is 11.3 Å². The van der Waals surface area contributed by atoms with E-state index < -0.39 is 33.1 Å². The largest absolute Gasteiger partial charge is 0.454 e. The lowest BCUT2D eigenvalue weighted by atomic mass is 10.1. The number of ether oxygens (including phenoxy) is 1. The van der Waals surface area contributed by atoms with Gasteiger partial charge in [-0.05, 0) is 55.3 Å². The quantitative estimate of drug-likeness (QED) is 0.674. The van der Waals surface area contributed by atoms with Crippen LogP contribution in [0.5, 0.6) is 0 Å². The topological polar surface area (TPSA) is 89.5 Å². The second kappa shape index (κ2) is 8.67. The average molecular weight is 436 g/mol. The summed E-state index contributed by atoms with van der Waals surface area (Å²) in [5, 5.41) is 4.58. The van der Waals surface area contributed by atoms with E-state index in [0.717, 1.165) is 10.4 Å². The van der Waals surface area contributed by atoms with Gasteiger partial charge in [0.15, 0.2) is 21.2 Å². The van der Waals surface area contributed by atoms with E-state index in [1.807, 2.05) is 30.5 Å². The molecule has 1 heterocycles. The fraction of sp³-hybridized carbons (Fsp3) is 0.429. The van der Waals surface area contributed by atoms with Crippen LogP contribution in [0.2, 0.25) is 0 Å². The van der Waals surface area contributed by atoms with Gasteiger partial charge in [-0.3, -0.25) is 9.59 Å². The van der Waals surface area contributed by atoms with E-state index >= 15 is 0 Å². The van der Waals surface area contributed by atoms with Gasteiger partial charge in [0.1, 0.15) is 0 Å². The van der Waals surface area contributed by atoms with Crippen LogP contribution in [0.1, 0.15) is 41.7 Å². The van der Waals surface area contributed by atoms with Crippen molar-refractivity contribution in [2.45, 2.75) is 55.7 Å². The molecule has 1 N–H and O–H groups in total. The Morgan fingerprint density at radius 3 is 2.55 bits per heavy atom. The van der Waals surface area contributed by atoms with Crippen molar-refractivity contribution in [2.24, 2.45) is 0 Å². The first kappa shape index (κ1) is 21.5. The van der Waals surface area contributed by atoms with Crippen molar-refractivity contribution in [3.05, 3.63) is 51.7 Å². The molecule has 0 bridgehead atoms. The van der Waals surface area contributed by atoms with Crippen LogP contribution in [0.4, 0.5) is 0 Å². The van der Waals surface area contributed by atoms with Crippen LogP contribution in [-0.4, -0.2) is 31.6 Å². The van der Waals surface area contributed by atoms with E-state index in [1.54, 1.807) is 19.1 Å². The van der Waals surface area contributed by atoms with Crippen LogP contribution in [0.3, 0.4) is 0 Å². The molecule has 29 heavy (non-hydrogen) atoms. The molecule has 0 atom stereocenters. The highest BCUT2D eigenvalue weighted by molar-refractivity contribution is 7.93. The minimum Gasteiger partial charge on any atom is -0.454 e. The molecule has 1 amide bonds. The molecular formula is C21H25NO5S2. The molecule has 1 aliphatic carbocycles. The van der Waals surface area contributed by atoms with Crippen LogP contribution in [0.15, 0.2) is 40.6 Å². The summed E-state index contributed by atoms with van der Waals surface area (Å²) in [5.74, 6) is -1.29. The fourth-order valence-corrected chi connectivity index (χ4v) is 6.65. The number of carbonyl (C=O) groups is 2. The number of hydrogen-bond acceptors (Lipinski definition) is 6. The lowest BCUT2D eigenvalue weighted by Crippen LogP contribution is -2.46. The number of rotatable bonds is 7. The zero-order valence-corrected chi connectivity index (χ0v) is 18.2. The van der Waals surface area contributed by atoms with E-state index in [1.165, 1.54) is 11.3 Å². The van der Waals surface area contributed by atoms with E-state index in [4.69, 9.17) is 4.74 Å². The average Bonchev–Trinajstić information content (AvgIpc) is 3.38. The molecule has 1 fully saturated rings. The highest BCUT2D eigenvalue weighted by atomic mass is 32.2. The zero-order chi connectivity index (χ0) is 21.1. The molecule has 0 aliphatic heterocycles. The van der Waals surface area contributed by atoms with Crippen LogP contribution >= 0.6 is 11.3 Å². The predicted octanol–water partition coefficient (Wildman–Crippen LogP) is 3.31. The lowest BCUT2D eigenvalue weighted by molar-refractivity contribution is -0.151. The molecule has 1 aromatic carbocycles. The van der Waals surface area contributed by atoms with Crippen molar-refractivity contribution in [1.29, 1.82) is 0 Å². The number of esters is 1. The van der Waals surface area contributed by atoms with Crippen molar-refractivity contribution < 1.29 is 22.7 Å². The zero-order valence-electron chi connectivity index (χ0n) is 16.6. The summed E-state index contributed by atoms with van der Waals surface area (Å²) < 4.78 is 30.6. The van der Waals surface area contributed by atoms with Gasteiger partial charge < -0.3 is 10.1 Å². The number of thiophene rings is 1. The molecule has 0 spiro atoms. The summed E-state index contributed by atoms with van der Waals surface area (Å²) >= 11 is 1.51. The van der Waals surface area contributed by atoms with Gasteiger partial charge in [-0.25, -0.2) is 8.42 Å². The minimum absolute atomic E-state index is 0.165. The summed E-state index contributed by atoms with van der Waals surface area (Å²) in [5.41, 5.74) is 1.41. The van der Waals surface area contributed by atoms with E-state index in [0.29, 0.717) is 24.9 Å². The molecule has 3 rings (SSSR count). The van der Waals surface area contributed by atoms with Crippen molar-refractivity contribution in [1.82, 2.24) is 5.32 Å². The van der Waals surface area contributed by atoms with Crippen LogP contribution < -0.4 is 5.32 Å². The monoisotopic (exact) mass is 435 g/mol. The SMILES string of the molecule is Cc1ccc(C)c(S(=O)(=O)C2(C(=O)OCC(=O)NCc3cccs3)CCCC2)c1. The van der Waals surface area contributed by atoms with E-state index in [9.17, 15) is 18.0 Å². The third kappa shape index (κ3) is 4.38. The Bertz CT molecular complexity index is 990. The summed E-state index contributed by atoms with van der Waals surface area (Å²) in [4.78, 5) is 26.1. The Balaban J connectivity index is 1.75. The van der Waals surface area contributed by atoms with E-state index in [-0.39, 0.29) is 17.7 Å². The highest BCUT2D eigenvalue weighted by Crippen LogP contribution is 2.42. The smallest absolute Gasteiger partial charge is 0.328 e. The lowest BCUT2D eigenvalue weighted by Gasteiger charge is -2.27. The number of aryl methyl sites for hydroxylation is 2. The summed E-state index contributed by atoms with van der Waals surface area (Å²) in [6, 6.07) is 8.96. The summed E-state index contributed by atoms with van der Waals surface area (Å²) in [7, 11) is -3.95. The molecule has 0 radical (unpaired) electrons. The first-order valence-corrected chi connectivity index (χ1v) is 11.9. The number of nitrogens with one attached hydrogen (secondary N) is 1. The Labute approximate surface area is 175 Å². The molecule has 1 saturated carbocycles. The fourth-order valence-electron chi connectivity index (χ4n) is 3.65. The Morgan fingerprint density at radius 1 is 1.17 bits per heavy atom. The molecule has 6 nitrogen and oxygen atoms in total. The molecular weight excluding hydrogens is 410 g/mol. The summed E-state index contributed by atoms with van der Waals surface area (Å²) in [6.45, 7) is 3.39. The van der Waals surface area contributed by atoms with Crippen molar-refractivity contribution in [3.8, 4) is 0 Å². The van der Waals surface area contributed by atoms with Gasteiger partial charge in [0.05, 0.1) is 11.4 Å². The second-order valence-electron chi connectivity index (χ2n) is 7.41. The Morgan fingerprint density at radius 2 is 1.90 bits per heavy atom. The van der Waals surface area contributed by atoms with Crippen LogP contribution in [0.25, 0.3) is 0 Å². The molecule has 1 aromatic heterocycles. The maximum atomic E-state index is 13.5. The maximum Gasteiger partial charge on any atom is 0.328 e. The first-order valence-electron chi connectivity index (χ1n) is 9.54. The normalized spacial score (nSPS) is 15.8. The molecule has 0 unspecified atom stereocenters. The van der Waals surface area contributed by atoms with Crippen molar-refractivity contribution >= 4 is 33.1 Å². The predicted molar refractivity (Wildman–Crippen MR) is 111 cm³/mol. The number of hydrogen-bond donors (Lipinski definition) is 1. The number of benzene rings is 1. The third-order valence-electron chi connectivity index (χ3n) is 5.31. The number of amides is 1. The third-order valence-corrected chi connectivity index (χ3v) is 8.80. The van der Waals surface area contributed by atoms with Gasteiger partial charge in [-0.2, -0.15) is 0 Å². The van der Waals surface area contributed by atoms with Gasteiger partial charge in [0, 0.05) is 4.88 Å². The maximum absolute atomic E-state index is 13.5. The molecule has 0 saturated heterocycles. The Kier molecular flexibility index (Phi) is 6.43. The molecule has 2 aromatic rings. The first-order chi connectivity index (χ1) is 13.8. The Hall–Kier alpha value is -2.19. The standard InChI is InChI=1S/C21H25NO5S2/c1-15-7-8-16(2)18(12-15)29(25,26)21(9-3-4-10-21)20(24)27-14-19(23)22-13-17-6-5-11-28-17/h5-8,11-12H,3-4,9-10,13-14H2,1-2H3,(H,22,23). The van der Waals surface area contributed by atoms with Gasteiger partial charge >= 0.3 is 5.97 Å². The summed E-state index contributed by atoms with van der Waals surface area (Å²) in [6.07, 6.45) is 1.67. The minimum atomic E-state index is -3.95. The van der Waals surface area contributed by atoms with Gasteiger partial charge in [0.25, 0.3) is 5.91 Å². The molecule has 156 valence electrons. The molecule has 8 heteroatoms. The highest BCUT2D eigenvalue weighted by Gasteiger charge is 2.54. The van der Waals surface area contributed by atoms with Crippen LogP contribution in [-0.2, 0) is 30.7 Å². The molecule has 1 aliphatic rings. The van der Waals surface area contributed by atoms with Crippen molar-refractivity contribution in [2.75, 3.05) is 6.61 Å². The number of carbonyl (C=O) groups excluding carboxylic acids is 2.